The fourth-order valence-corrected chi connectivity index (χ4v) is 3.81. The molecule has 0 radical (unpaired) electrons. The van der Waals surface area contributed by atoms with Crippen molar-refractivity contribution >= 4 is 0 Å². The monoisotopic (exact) mass is 280 g/mol. The van der Waals surface area contributed by atoms with Crippen LogP contribution in [0.5, 0.6) is 0 Å². The Morgan fingerprint density at radius 3 is 2.45 bits per heavy atom. The highest BCUT2D eigenvalue weighted by molar-refractivity contribution is 5.12. The molecule has 2 rings (SSSR count). The Hall–Kier alpha value is -0.680. The van der Waals surface area contributed by atoms with E-state index in [1.165, 1.54) is 0 Å². The highest BCUT2D eigenvalue weighted by atomic mass is 16.3. The first-order chi connectivity index (χ1) is 9.58. The number of nitrogens with one attached hydrogen (secondary N) is 1. The first kappa shape index (κ1) is 15.7. The number of likely N-dealkylation sites (tertiary alicyclic amines) is 1. The van der Waals surface area contributed by atoms with Crippen LogP contribution >= 0.6 is 0 Å². The third-order valence-corrected chi connectivity index (χ3v) is 4.88. The molecule has 2 atom stereocenters. The van der Waals surface area contributed by atoms with Crippen LogP contribution in [-0.2, 0) is 0 Å². The van der Waals surface area contributed by atoms with Crippen molar-refractivity contribution in [2.75, 3.05) is 19.6 Å². The minimum absolute atomic E-state index is 0.205. The SMILES string of the molecule is C=CCC1(O)CCCNC1(CC=C)N1CCC(O)CC1. The zero-order chi connectivity index (χ0) is 14.6. The topological polar surface area (TPSA) is 55.7 Å². The number of nitrogens with zero attached hydrogens (tertiary/aromatic N) is 1. The van der Waals surface area contributed by atoms with Crippen LogP contribution < -0.4 is 5.32 Å². The normalized spacial score (nSPS) is 36.7. The van der Waals surface area contributed by atoms with E-state index in [9.17, 15) is 10.2 Å². The maximum atomic E-state index is 11.2. The number of aliphatic hydroxyl groups excluding tert-OH is 1. The molecule has 0 aromatic carbocycles. The second-order valence-electron chi connectivity index (χ2n) is 6.13. The lowest BCUT2D eigenvalue weighted by molar-refractivity contribution is -0.159. The average molecular weight is 280 g/mol. The zero-order valence-electron chi connectivity index (χ0n) is 12.4. The molecule has 2 heterocycles. The average Bonchev–Trinajstić information content (AvgIpc) is 2.43. The van der Waals surface area contributed by atoms with Crippen LogP contribution in [0.15, 0.2) is 25.3 Å². The van der Waals surface area contributed by atoms with Crippen molar-refractivity contribution < 1.29 is 10.2 Å². The summed E-state index contributed by atoms with van der Waals surface area (Å²) in [7, 11) is 0. The third kappa shape index (κ3) is 2.70. The Morgan fingerprint density at radius 1 is 1.20 bits per heavy atom. The molecule has 0 bridgehead atoms. The summed E-state index contributed by atoms with van der Waals surface area (Å²) in [6.45, 7) is 10.2. The molecule has 2 fully saturated rings. The van der Waals surface area contributed by atoms with Gasteiger partial charge in [0.2, 0.25) is 0 Å². The summed E-state index contributed by atoms with van der Waals surface area (Å²) < 4.78 is 0. The van der Waals surface area contributed by atoms with Gasteiger partial charge in [-0.1, -0.05) is 12.2 Å². The zero-order valence-corrected chi connectivity index (χ0v) is 12.4. The third-order valence-electron chi connectivity index (χ3n) is 4.88. The quantitative estimate of drug-likeness (QED) is 0.667. The van der Waals surface area contributed by atoms with Gasteiger partial charge in [-0.05, 0) is 45.1 Å². The molecule has 2 aliphatic rings. The number of piperidine rings is 2. The second kappa shape index (κ2) is 6.39. The van der Waals surface area contributed by atoms with Gasteiger partial charge in [0.1, 0.15) is 5.66 Å². The van der Waals surface area contributed by atoms with E-state index in [4.69, 9.17) is 0 Å². The van der Waals surface area contributed by atoms with Crippen LogP contribution in [0.1, 0.15) is 38.5 Å². The van der Waals surface area contributed by atoms with Crippen molar-refractivity contribution in [3.63, 3.8) is 0 Å². The van der Waals surface area contributed by atoms with Crippen LogP contribution in [0, 0.1) is 0 Å². The maximum absolute atomic E-state index is 11.2. The van der Waals surface area contributed by atoms with Gasteiger partial charge in [0, 0.05) is 13.1 Å². The molecule has 4 nitrogen and oxygen atoms in total. The smallest absolute Gasteiger partial charge is 0.105 e. The highest BCUT2D eigenvalue weighted by Crippen LogP contribution is 2.40. The first-order valence-electron chi connectivity index (χ1n) is 7.70. The van der Waals surface area contributed by atoms with E-state index in [1.54, 1.807) is 0 Å². The molecule has 0 spiro atoms. The van der Waals surface area contributed by atoms with E-state index >= 15 is 0 Å². The molecule has 2 unspecified atom stereocenters. The number of hydrogen-bond donors (Lipinski definition) is 3. The van der Waals surface area contributed by atoms with Gasteiger partial charge < -0.3 is 10.2 Å². The van der Waals surface area contributed by atoms with Crippen LogP contribution in [0.3, 0.4) is 0 Å². The molecular formula is C16H28N2O2. The summed E-state index contributed by atoms with van der Waals surface area (Å²) in [5.74, 6) is 0. The standard InChI is InChI=1S/C16H28N2O2/c1-3-8-15(20)10-5-11-17-16(15,9-4-2)18-12-6-14(19)7-13-18/h3-4,14,17,19-20H,1-2,5-13H2. The summed E-state index contributed by atoms with van der Waals surface area (Å²) in [5, 5.41) is 24.5. The maximum Gasteiger partial charge on any atom is 0.105 e. The van der Waals surface area contributed by atoms with Gasteiger partial charge in [-0.3, -0.25) is 10.2 Å². The Balaban J connectivity index is 2.29. The van der Waals surface area contributed by atoms with E-state index in [1.807, 2.05) is 12.2 Å². The summed E-state index contributed by atoms with van der Waals surface area (Å²) >= 11 is 0. The number of hydrogen-bond acceptors (Lipinski definition) is 4. The van der Waals surface area contributed by atoms with Crippen molar-refractivity contribution in [3.8, 4) is 0 Å². The molecule has 2 aliphatic heterocycles. The summed E-state index contributed by atoms with van der Waals surface area (Å²) in [4.78, 5) is 2.31. The predicted octanol–water partition coefficient (Wildman–Crippen LogP) is 1.41. The minimum Gasteiger partial charge on any atom is -0.393 e. The Kier molecular flexibility index (Phi) is 5.02. The second-order valence-corrected chi connectivity index (χ2v) is 6.13. The number of aliphatic hydroxyl groups is 2. The molecule has 0 saturated carbocycles. The van der Waals surface area contributed by atoms with Crippen molar-refractivity contribution in [3.05, 3.63) is 25.3 Å². The van der Waals surface area contributed by atoms with Crippen LogP contribution in [0.25, 0.3) is 0 Å². The molecule has 0 aromatic rings. The summed E-state index contributed by atoms with van der Waals surface area (Å²) in [5.41, 5.74) is -1.29. The van der Waals surface area contributed by atoms with E-state index < -0.39 is 11.3 Å². The lowest BCUT2D eigenvalue weighted by atomic mass is 9.74. The summed E-state index contributed by atoms with van der Waals surface area (Å²) in [6.07, 6.45) is 8.05. The van der Waals surface area contributed by atoms with Gasteiger partial charge >= 0.3 is 0 Å². The lowest BCUT2D eigenvalue weighted by Gasteiger charge is -2.57. The highest BCUT2D eigenvalue weighted by Gasteiger charge is 2.54. The fourth-order valence-electron chi connectivity index (χ4n) is 3.81. The molecule has 0 aromatic heterocycles. The van der Waals surface area contributed by atoms with E-state index in [0.29, 0.717) is 12.8 Å². The van der Waals surface area contributed by atoms with E-state index in [0.717, 1.165) is 45.3 Å². The predicted molar refractivity (Wildman–Crippen MR) is 81.4 cm³/mol. The van der Waals surface area contributed by atoms with Crippen LogP contribution in [-0.4, -0.2) is 52.1 Å². The van der Waals surface area contributed by atoms with Crippen molar-refractivity contribution in [1.29, 1.82) is 0 Å². The van der Waals surface area contributed by atoms with Gasteiger partial charge in [-0.25, -0.2) is 0 Å². The Labute approximate surface area is 122 Å². The first-order valence-corrected chi connectivity index (χ1v) is 7.70. The van der Waals surface area contributed by atoms with E-state index in [2.05, 4.69) is 23.4 Å². The molecule has 2 saturated heterocycles. The Morgan fingerprint density at radius 2 is 1.85 bits per heavy atom. The van der Waals surface area contributed by atoms with Crippen LogP contribution in [0.2, 0.25) is 0 Å². The van der Waals surface area contributed by atoms with E-state index in [-0.39, 0.29) is 6.10 Å². The lowest BCUT2D eigenvalue weighted by Crippen LogP contribution is -2.74. The molecule has 0 amide bonds. The Bertz CT molecular complexity index is 352. The van der Waals surface area contributed by atoms with Crippen LogP contribution in [0.4, 0.5) is 0 Å². The molecule has 3 N–H and O–H groups in total. The van der Waals surface area contributed by atoms with Crippen molar-refractivity contribution in [2.24, 2.45) is 0 Å². The van der Waals surface area contributed by atoms with Crippen molar-refractivity contribution in [2.45, 2.75) is 55.9 Å². The van der Waals surface area contributed by atoms with Crippen molar-refractivity contribution in [1.82, 2.24) is 10.2 Å². The van der Waals surface area contributed by atoms with Gasteiger partial charge in [0.05, 0.1) is 11.7 Å². The number of rotatable bonds is 5. The van der Waals surface area contributed by atoms with Gasteiger partial charge in [-0.2, -0.15) is 0 Å². The van der Waals surface area contributed by atoms with Gasteiger partial charge in [0.15, 0.2) is 0 Å². The van der Waals surface area contributed by atoms with Gasteiger partial charge in [0.25, 0.3) is 0 Å². The molecular weight excluding hydrogens is 252 g/mol. The van der Waals surface area contributed by atoms with Gasteiger partial charge in [-0.15, -0.1) is 13.2 Å². The minimum atomic E-state index is -0.816. The fraction of sp³-hybridized carbons (Fsp3) is 0.750. The molecule has 20 heavy (non-hydrogen) atoms. The summed E-state index contributed by atoms with van der Waals surface area (Å²) in [6, 6.07) is 0. The molecule has 0 aliphatic carbocycles. The molecule has 114 valence electrons. The largest absolute Gasteiger partial charge is 0.393 e. The molecule has 4 heteroatoms.